The highest BCUT2D eigenvalue weighted by Crippen LogP contribution is 2.40. The van der Waals surface area contributed by atoms with Crippen LogP contribution in [0, 0.1) is 11.8 Å². The topological polar surface area (TPSA) is 19.6 Å². The van der Waals surface area contributed by atoms with Crippen LogP contribution in [0.2, 0.25) is 0 Å². The highest BCUT2D eigenvalue weighted by atomic mass is 16.3. The molecule has 0 saturated heterocycles. The van der Waals surface area contributed by atoms with Crippen molar-refractivity contribution < 1.29 is 4.42 Å². The van der Waals surface area contributed by atoms with Crippen molar-refractivity contribution in [1.82, 2.24) is 4.90 Å². The summed E-state index contributed by atoms with van der Waals surface area (Å²) in [4.78, 5) is 4.72. The van der Waals surface area contributed by atoms with Gasteiger partial charge in [-0.2, -0.15) is 0 Å². The smallest absolute Gasteiger partial charge is 0.154 e. The van der Waals surface area contributed by atoms with Gasteiger partial charge in [0, 0.05) is 51.8 Å². The molecule has 3 nitrogen and oxygen atoms in total. The molecule has 2 heterocycles. The summed E-state index contributed by atoms with van der Waals surface area (Å²) in [6.07, 6.45) is 38.3. The van der Waals surface area contributed by atoms with Gasteiger partial charge in [0.2, 0.25) is 0 Å². The summed E-state index contributed by atoms with van der Waals surface area (Å²) < 4.78 is 6.69. The molecule has 2 bridgehead atoms. The highest BCUT2D eigenvalue weighted by Gasteiger charge is 2.27. The van der Waals surface area contributed by atoms with Gasteiger partial charge in [0.1, 0.15) is 5.58 Å². The number of hydrogen-bond acceptors (Lipinski definition) is 3. The minimum atomic E-state index is -0.0413. The predicted octanol–water partition coefficient (Wildman–Crippen LogP) is 17.2. The summed E-state index contributed by atoms with van der Waals surface area (Å²) in [5, 5.41) is 2.26. The minimum absolute atomic E-state index is 0.0413. The molecular weight excluding hydrogens is 861 g/mol. The van der Waals surface area contributed by atoms with Crippen molar-refractivity contribution in [2.24, 2.45) is 11.8 Å². The van der Waals surface area contributed by atoms with Crippen LogP contribution < -0.4 is 15.5 Å². The molecule has 5 aromatic carbocycles. The van der Waals surface area contributed by atoms with E-state index in [-0.39, 0.29) is 11.8 Å². The Hall–Kier alpha value is -8.14. The largest absolute Gasteiger partial charge is 0.454 e. The second-order valence-electron chi connectivity index (χ2n) is 17.8. The maximum absolute atomic E-state index is 6.69. The summed E-state index contributed by atoms with van der Waals surface area (Å²) in [5.41, 5.74) is 17.6. The third-order valence-corrected chi connectivity index (χ3v) is 13.4. The van der Waals surface area contributed by atoms with Crippen molar-refractivity contribution in [3.05, 3.63) is 277 Å². The number of anilines is 2. The summed E-state index contributed by atoms with van der Waals surface area (Å²) in [6.45, 7) is 24.3. The second kappa shape index (κ2) is 23.4. The summed E-state index contributed by atoms with van der Waals surface area (Å²) in [7, 11) is 0. The zero-order chi connectivity index (χ0) is 49.7. The first-order valence-electron chi connectivity index (χ1n) is 25.0. The van der Waals surface area contributed by atoms with E-state index in [9.17, 15) is 0 Å². The highest BCUT2D eigenvalue weighted by molar-refractivity contribution is 5.82. The first kappa shape index (κ1) is 49.3. The zero-order valence-electron chi connectivity index (χ0n) is 42.1. The molecule has 0 amide bonds. The van der Waals surface area contributed by atoms with Crippen LogP contribution in [0.25, 0.3) is 56.1 Å². The van der Waals surface area contributed by atoms with E-state index in [0.29, 0.717) is 0 Å². The van der Waals surface area contributed by atoms with Gasteiger partial charge >= 0.3 is 0 Å². The van der Waals surface area contributed by atoms with Gasteiger partial charge in [-0.15, -0.1) is 0 Å². The lowest BCUT2D eigenvalue weighted by molar-refractivity contribution is 0.431. The van der Waals surface area contributed by atoms with Crippen LogP contribution in [0.3, 0.4) is 0 Å². The van der Waals surface area contributed by atoms with Crippen LogP contribution in [-0.2, 0) is 0 Å². The van der Waals surface area contributed by atoms with E-state index >= 15 is 0 Å². The molecule has 354 valence electrons. The molecule has 1 aromatic heterocycles. The number of para-hydroxylation sites is 1. The Morgan fingerprint density at radius 3 is 2.17 bits per heavy atom. The van der Waals surface area contributed by atoms with Gasteiger partial charge in [-0.1, -0.05) is 191 Å². The number of furan rings is 1. The predicted molar refractivity (Wildman–Crippen MR) is 308 cm³/mol. The van der Waals surface area contributed by atoms with Gasteiger partial charge in [-0.25, -0.2) is 0 Å². The van der Waals surface area contributed by atoms with Crippen LogP contribution in [0.5, 0.6) is 0 Å². The number of rotatable bonds is 16. The minimum Gasteiger partial charge on any atom is -0.454 e. The standard InChI is InChI=1S/C68H66N2O/c1-9-16-18-19-26-49(8)51-36-38-52(39-37-51)53-40-42-60(43-41-53)70(58(11-3)32-17-10-2)61-33-25-30-55(46-61)54-29-24-31-57(45-54)62(13-5)65-47-59(12-4)69(48-50-27-20-21-28-56(65)44-50)66(15-7)68-63(14-6)64-34-22-23-35-67(64)71-68/h9-14,16-25,27-47,50,65H,3-4,8,15,26,48H2,1-2,5-7H3/b16-9-,17-10-,19-18-,58-32+,59-47-,62-13-,63-14-,68-66-. The first-order chi connectivity index (χ1) is 34.8. The first-order valence-corrected chi connectivity index (χ1v) is 25.0. The fourth-order valence-electron chi connectivity index (χ4n) is 9.80. The Bertz CT molecular complexity index is 3330. The van der Waals surface area contributed by atoms with Gasteiger partial charge < -0.3 is 14.2 Å². The zero-order valence-corrected chi connectivity index (χ0v) is 42.1. The fourth-order valence-corrected chi connectivity index (χ4v) is 9.80. The average Bonchev–Trinajstić information content (AvgIpc) is 3.60. The molecule has 8 rings (SSSR count). The van der Waals surface area contributed by atoms with Crippen LogP contribution in [0.4, 0.5) is 11.4 Å². The molecule has 0 spiro atoms. The Morgan fingerprint density at radius 1 is 0.732 bits per heavy atom. The monoisotopic (exact) mass is 927 g/mol. The summed E-state index contributed by atoms with van der Waals surface area (Å²) in [5.74, 6) is 0.124. The molecule has 1 aliphatic heterocycles. The van der Waals surface area contributed by atoms with E-state index in [1.807, 2.05) is 50.3 Å². The van der Waals surface area contributed by atoms with E-state index in [1.165, 1.54) is 16.7 Å². The number of allylic oxidation sites excluding steroid dienone is 17. The average molecular weight is 927 g/mol. The lowest BCUT2D eigenvalue weighted by atomic mass is 9.82. The second-order valence-corrected chi connectivity index (χ2v) is 17.8. The van der Waals surface area contributed by atoms with E-state index in [0.717, 1.165) is 103 Å². The molecule has 0 N–H and O–H groups in total. The Kier molecular flexibility index (Phi) is 16.3. The van der Waals surface area contributed by atoms with Crippen molar-refractivity contribution in [1.29, 1.82) is 0 Å². The van der Waals surface area contributed by atoms with E-state index in [4.69, 9.17) is 4.42 Å². The number of nitrogens with zero attached hydrogens (tertiary/aromatic N) is 2. The molecule has 1 aliphatic carbocycles. The third kappa shape index (κ3) is 11.0. The molecular formula is C68H66N2O. The molecule has 2 unspecified atom stereocenters. The van der Waals surface area contributed by atoms with Crippen LogP contribution in [-0.4, -0.2) is 11.4 Å². The molecule has 71 heavy (non-hydrogen) atoms. The fraction of sp³-hybridized carbons (Fsp3) is 0.147. The maximum atomic E-state index is 6.69. The van der Waals surface area contributed by atoms with Gasteiger partial charge in [-0.3, -0.25) is 0 Å². The van der Waals surface area contributed by atoms with Crippen LogP contribution in [0.1, 0.15) is 58.6 Å². The Morgan fingerprint density at radius 2 is 1.46 bits per heavy atom. The molecule has 3 heteroatoms. The quantitative estimate of drug-likeness (QED) is 0.0902. The molecule has 6 aromatic rings. The van der Waals surface area contributed by atoms with E-state index in [2.05, 4.69) is 238 Å². The molecule has 2 atom stereocenters. The molecule has 0 saturated carbocycles. The van der Waals surface area contributed by atoms with Gasteiger partial charge in [0.25, 0.3) is 0 Å². The maximum Gasteiger partial charge on any atom is 0.154 e. The van der Waals surface area contributed by atoms with Crippen molar-refractivity contribution in [2.45, 2.75) is 47.5 Å². The van der Waals surface area contributed by atoms with Crippen molar-refractivity contribution >= 4 is 45.3 Å². The Labute approximate surface area is 422 Å². The van der Waals surface area contributed by atoms with Crippen molar-refractivity contribution in [3.63, 3.8) is 0 Å². The van der Waals surface area contributed by atoms with Crippen LogP contribution >= 0.6 is 0 Å². The Balaban J connectivity index is 1.14. The summed E-state index contributed by atoms with van der Waals surface area (Å²) in [6, 6.07) is 43.7. The lowest BCUT2D eigenvalue weighted by Crippen LogP contribution is -2.35. The molecule has 0 radical (unpaired) electrons. The SMILES string of the molecule is C=C/C1=C/C(/C(=C\C)c2cccc(-c3cccc(N(/C(C=C)=C/C=C\C)c4ccc(-c5ccc(C(=C)C/C=C\C=C/C)cc5)cc4)c3)c2)C2=CC(C=CC=C2)CN1/C(CC)=c1\oc2ccccc2\c1=C\C. The number of fused-ring (bicyclic) bond motifs is 2. The van der Waals surface area contributed by atoms with Crippen molar-refractivity contribution in [2.75, 3.05) is 11.4 Å². The lowest BCUT2D eigenvalue weighted by Gasteiger charge is -2.33. The summed E-state index contributed by atoms with van der Waals surface area (Å²) >= 11 is 0. The molecule has 0 fully saturated rings. The number of benzene rings is 5. The third-order valence-electron chi connectivity index (χ3n) is 13.4. The van der Waals surface area contributed by atoms with E-state index < -0.39 is 0 Å². The van der Waals surface area contributed by atoms with Gasteiger partial charge in [0.15, 0.2) is 5.42 Å². The van der Waals surface area contributed by atoms with Crippen molar-refractivity contribution in [3.8, 4) is 22.3 Å². The number of hydrogen-bond donors (Lipinski definition) is 0. The van der Waals surface area contributed by atoms with Crippen LogP contribution in [0.15, 0.2) is 260 Å². The van der Waals surface area contributed by atoms with Gasteiger partial charge in [-0.05, 0) is 151 Å². The molecule has 2 aliphatic rings. The van der Waals surface area contributed by atoms with E-state index in [1.54, 1.807) is 0 Å². The normalized spacial score (nSPS) is 17.8. The van der Waals surface area contributed by atoms with Gasteiger partial charge in [0.05, 0.1) is 5.70 Å².